The van der Waals surface area contributed by atoms with Gasteiger partial charge in [-0.2, -0.15) is 0 Å². The molecule has 2 rings (SSSR count). The Morgan fingerprint density at radius 2 is 2.11 bits per heavy atom. The Morgan fingerprint density at radius 3 is 2.61 bits per heavy atom. The maximum Gasteiger partial charge on any atom is 0.240 e. The summed E-state index contributed by atoms with van der Waals surface area (Å²) in [6.07, 6.45) is 1.76. The minimum absolute atomic E-state index is 0.0872. The molecule has 100 valence electrons. The zero-order valence-electron chi connectivity index (χ0n) is 9.83. The molecule has 0 amide bonds. The van der Waals surface area contributed by atoms with Crippen molar-refractivity contribution >= 4 is 21.4 Å². The normalized spacial score (nSPS) is 17.4. The maximum absolute atomic E-state index is 11.2. The second-order valence-corrected chi connectivity index (χ2v) is 6.11. The van der Waals surface area contributed by atoms with E-state index in [-0.39, 0.29) is 16.7 Å². The van der Waals surface area contributed by atoms with E-state index >= 15 is 0 Å². The number of hydrogen-bond acceptors (Lipinski definition) is 5. The van der Waals surface area contributed by atoms with Gasteiger partial charge in [0.05, 0.1) is 11.8 Å². The average Bonchev–Trinajstić information content (AvgIpc) is 3.07. The molecule has 6 N–H and O–H groups in total. The van der Waals surface area contributed by atoms with Crippen molar-refractivity contribution < 1.29 is 13.5 Å². The summed E-state index contributed by atoms with van der Waals surface area (Å²) in [4.78, 5) is -0.0872. The van der Waals surface area contributed by atoms with Crippen LogP contribution in [0.3, 0.4) is 0 Å². The summed E-state index contributed by atoms with van der Waals surface area (Å²) in [5.74, 6) is 0.388. The molecule has 0 aliphatic heterocycles. The molecule has 1 aliphatic carbocycles. The lowest BCUT2D eigenvalue weighted by atomic mass is 10.2. The van der Waals surface area contributed by atoms with E-state index in [1.54, 1.807) is 6.07 Å². The Bertz CT molecular complexity index is 540. The Hall–Kier alpha value is -1.31. The molecule has 0 bridgehead atoms. The molecule has 1 aromatic rings. The van der Waals surface area contributed by atoms with E-state index < -0.39 is 10.0 Å². The number of nitrogens with two attached hydrogens (primary N) is 2. The van der Waals surface area contributed by atoms with Crippen LogP contribution in [-0.2, 0) is 10.0 Å². The van der Waals surface area contributed by atoms with Crippen molar-refractivity contribution in [2.75, 3.05) is 17.6 Å². The van der Waals surface area contributed by atoms with E-state index in [1.165, 1.54) is 12.1 Å². The van der Waals surface area contributed by atoms with Crippen LogP contribution in [0.4, 0.5) is 11.4 Å². The maximum atomic E-state index is 11.2. The van der Waals surface area contributed by atoms with Gasteiger partial charge in [-0.1, -0.05) is 0 Å². The third-order valence-electron chi connectivity index (χ3n) is 3.00. The van der Waals surface area contributed by atoms with Crippen molar-refractivity contribution in [3.8, 4) is 0 Å². The Labute approximate surface area is 106 Å². The number of primary sulfonamides is 1. The molecule has 1 aromatic carbocycles. The van der Waals surface area contributed by atoms with Crippen LogP contribution in [0.15, 0.2) is 23.1 Å². The molecule has 7 heteroatoms. The van der Waals surface area contributed by atoms with Gasteiger partial charge in [0.2, 0.25) is 10.0 Å². The van der Waals surface area contributed by atoms with Gasteiger partial charge in [0, 0.05) is 12.2 Å². The van der Waals surface area contributed by atoms with Crippen molar-refractivity contribution in [3.05, 3.63) is 18.2 Å². The lowest BCUT2D eigenvalue weighted by Gasteiger charge is -2.13. The van der Waals surface area contributed by atoms with Gasteiger partial charge >= 0.3 is 0 Å². The summed E-state index contributed by atoms with van der Waals surface area (Å²) < 4.78 is 22.3. The van der Waals surface area contributed by atoms with Gasteiger partial charge in [0.25, 0.3) is 0 Å². The van der Waals surface area contributed by atoms with Crippen molar-refractivity contribution in [2.45, 2.75) is 23.8 Å². The first-order valence-corrected chi connectivity index (χ1v) is 7.27. The van der Waals surface area contributed by atoms with Crippen molar-refractivity contribution in [3.63, 3.8) is 0 Å². The molecule has 0 saturated heterocycles. The number of nitrogens with one attached hydrogen (secondary N) is 1. The van der Waals surface area contributed by atoms with E-state index in [0.29, 0.717) is 18.2 Å². The van der Waals surface area contributed by atoms with Crippen LogP contribution in [0, 0.1) is 5.92 Å². The zero-order chi connectivity index (χ0) is 13.3. The summed E-state index contributed by atoms with van der Waals surface area (Å²) in [7, 11) is -3.79. The first kappa shape index (κ1) is 13.1. The minimum Gasteiger partial charge on any atom is -0.398 e. The van der Waals surface area contributed by atoms with Crippen LogP contribution in [0.1, 0.15) is 12.8 Å². The largest absolute Gasteiger partial charge is 0.398 e. The fraction of sp³-hybridized carbons (Fsp3) is 0.455. The molecule has 6 nitrogen and oxygen atoms in total. The van der Waals surface area contributed by atoms with E-state index in [4.69, 9.17) is 10.9 Å². The SMILES string of the molecule is Nc1cc(NCC(O)C2CC2)ccc1S(N)(=O)=O. The number of aliphatic hydroxyl groups excluding tert-OH is 1. The van der Waals surface area contributed by atoms with Crippen LogP contribution in [0.25, 0.3) is 0 Å². The van der Waals surface area contributed by atoms with Gasteiger partial charge in [-0.15, -0.1) is 0 Å². The molecule has 0 spiro atoms. The monoisotopic (exact) mass is 271 g/mol. The van der Waals surface area contributed by atoms with Gasteiger partial charge in [0.15, 0.2) is 0 Å². The highest BCUT2D eigenvalue weighted by atomic mass is 32.2. The van der Waals surface area contributed by atoms with Gasteiger partial charge < -0.3 is 16.2 Å². The van der Waals surface area contributed by atoms with E-state index in [0.717, 1.165) is 12.8 Å². The van der Waals surface area contributed by atoms with Crippen molar-refractivity contribution in [1.29, 1.82) is 0 Å². The Morgan fingerprint density at radius 1 is 1.44 bits per heavy atom. The van der Waals surface area contributed by atoms with Gasteiger partial charge in [-0.3, -0.25) is 0 Å². The number of hydrogen-bond donors (Lipinski definition) is 4. The number of sulfonamides is 1. The molecule has 1 aliphatic rings. The number of anilines is 2. The quantitative estimate of drug-likeness (QED) is 0.566. The number of nitrogen functional groups attached to an aromatic ring is 1. The predicted octanol–water partition coefficient (Wildman–Crippen LogP) is 0.0990. The second-order valence-electron chi connectivity index (χ2n) is 4.58. The second kappa shape index (κ2) is 4.75. The van der Waals surface area contributed by atoms with E-state index in [1.807, 2.05) is 0 Å². The van der Waals surface area contributed by atoms with Gasteiger partial charge in [-0.25, -0.2) is 13.6 Å². The van der Waals surface area contributed by atoms with Gasteiger partial charge in [-0.05, 0) is 37.0 Å². The fourth-order valence-electron chi connectivity index (χ4n) is 1.79. The molecular weight excluding hydrogens is 254 g/mol. The Kier molecular flexibility index (Phi) is 3.47. The van der Waals surface area contributed by atoms with Gasteiger partial charge in [0.1, 0.15) is 4.90 Å². The van der Waals surface area contributed by atoms with E-state index in [9.17, 15) is 13.5 Å². The standard InChI is InChI=1S/C11H17N3O3S/c12-9-5-8(3-4-11(9)18(13,16)17)14-6-10(15)7-1-2-7/h3-5,7,10,14-15H,1-2,6,12H2,(H2,13,16,17). The fourth-order valence-corrected chi connectivity index (χ4v) is 2.43. The van der Waals surface area contributed by atoms with Crippen molar-refractivity contribution in [2.24, 2.45) is 11.1 Å². The summed E-state index contributed by atoms with van der Waals surface area (Å²) in [6, 6.07) is 4.44. The summed E-state index contributed by atoms with van der Waals surface area (Å²) >= 11 is 0. The Balaban J connectivity index is 2.04. The van der Waals surface area contributed by atoms with Crippen LogP contribution in [0.2, 0.25) is 0 Å². The lowest BCUT2D eigenvalue weighted by molar-refractivity contribution is 0.164. The molecule has 18 heavy (non-hydrogen) atoms. The molecule has 1 fully saturated rings. The third kappa shape index (κ3) is 3.12. The summed E-state index contributed by atoms with van der Waals surface area (Å²) in [5, 5.41) is 17.7. The average molecular weight is 271 g/mol. The minimum atomic E-state index is -3.79. The highest BCUT2D eigenvalue weighted by Crippen LogP contribution is 2.32. The zero-order valence-corrected chi connectivity index (χ0v) is 10.7. The molecule has 1 saturated carbocycles. The summed E-state index contributed by atoms with van der Waals surface area (Å²) in [5.41, 5.74) is 6.39. The molecule has 0 heterocycles. The van der Waals surface area contributed by atoms with Crippen LogP contribution in [-0.4, -0.2) is 26.2 Å². The first-order valence-electron chi connectivity index (χ1n) is 5.72. The molecular formula is C11H17N3O3S. The highest BCUT2D eigenvalue weighted by molar-refractivity contribution is 7.89. The summed E-state index contributed by atoms with van der Waals surface area (Å²) in [6.45, 7) is 0.429. The molecule has 1 unspecified atom stereocenters. The third-order valence-corrected chi connectivity index (χ3v) is 3.98. The van der Waals surface area contributed by atoms with E-state index in [2.05, 4.69) is 5.32 Å². The highest BCUT2D eigenvalue weighted by Gasteiger charge is 2.29. The predicted molar refractivity (Wildman–Crippen MR) is 69.4 cm³/mol. The first-order chi connectivity index (χ1) is 8.38. The van der Waals surface area contributed by atoms with Crippen molar-refractivity contribution in [1.82, 2.24) is 0 Å². The lowest BCUT2D eigenvalue weighted by Crippen LogP contribution is -2.21. The molecule has 1 atom stereocenters. The van der Waals surface area contributed by atoms with Crippen LogP contribution >= 0.6 is 0 Å². The molecule has 0 radical (unpaired) electrons. The van der Waals surface area contributed by atoms with Crippen LogP contribution < -0.4 is 16.2 Å². The number of rotatable bonds is 5. The smallest absolute Gasteiger partial charge is 0.240 e. The number of benzene rings is 1. The topological polar surface area (TPSA) is 118 Å². The molecule has 0 aromatic heterocycles. The number of aliphatic hydroxyl groups is 1. The van der Waals surface area contributed by atoms with Crippen LogP contribution in [0.5, 0.6) is 0 Å².